The molecule has 0 aromatic rings. The number of halogens is 2. The van der Waals surface area contributed by atoms with Gasteiger partial charge in [0.2, 0.25) is 0 Å². The Balaban J connectivity index is 1.99. The predicted octanol–water partition coefficient (Wildman–Crippen LogP) is 3.35. The van der Waals surface area contributed by atoms with Gasteiger partial charge in [-0.25, -0.2) is 8.78 Å². The lowest BCUT2D eigenvalue weighted by atomic mass is 9.87. The number of ether oxygens (including phenoxy) is 1. The molecule has 0 amide bonds. The van der Waals surface area contributed by atoms with Gasteiger partial charge in [0.25, 0.3) is 0 Å². The lowest BCUT2D eigenvalue weighted by Gasteiger charge is -2.25. The van der Waals surface area contributed by atoms with Crippen molar-refractivity contribution in [3.05, 3.63) is 24.3 Å². The molecule has 160 valence electrons. The highest BCUT2D eigenvalue weighted by molar-refractivity contribution is 5.66. The number of fused-ring (bicyclic) bond motifs is 1. The SMILES string of the molecule is CCCCC(C)(F)[C@H](O)C=C[C@@H]1[C@H]2[C@H](F)[C@@H](C=CCCC(=O)O)O[C@@H]2C[C@H]1O. The van der Waals surface area contributed by atoms with Gasteiger partial charge in [-0.3, -0.25) is 4.79 Å². The minimum absolute atomic E-state index is 0.0327. The third-order valence-corrected chi connectivity index (χ3v) is 5.81. The number of alkyl halides is 2. The molecule has 2 aliphatic rings. The van der Waals surface area contributed by atoms with E-state index in [0.717, 1.165) is 6.42 Å². The van der Waals surface area contributed by atoms with Crippen LogP contribution in [-0.2, 0) is 9.53 Å². The number of hydrogen-bond acceptors (Lipinski definition) is 4. The second-order valence-electron chi connectivity index (χ2n) is 8.11. The van der Waals surface area contributed by atoms with Crippen LogP contribution in [0.15, 0.2) is 24.3 Å². The predicted molar refractivity (Wildman–Crippen MR) is 101 cm³/mol. The molecule has 2 rings (SSSR count). The molecule has 0 bridgehead atoms. The lowest BCUT2D eigenvalue weighted by Crippen LogP contribution is -2.34. The van der Waals surface area contributed by atoms with Gasteiger partial charge in [-0.1, -0.05) is 44.1 Å². The molecule has 8 atom stereocenters. The smallest absolute Gasteiger partial charge is 0.303 e. The number of carboxylic acids is 1. The molecular formula is C21H32F2O5. The molecule has 0 aromatic heterocycles. The highest BCUT2D eigenvalue weighted by Gasteiger charge is 2.54. The summed E-state index contributed by atoms with van der Waals surface area (Å²) < 4.78 is 35.2. The summed E-state index contributed by atoms with van der Waals surface area (Å²) >= 11 is 0. The number of aliphatic hydroxyl groups excluding tert-OH is 2. The fraction of sp³-hybridized carbons (Fsp3) is 0.762. The third kappa shape index (κ3) is 5.61. The summed E-state index contributed by atoms with van der Waals surface area (Å²) in [4.78, 5) is 10.5. The van der Waals surface area contributed by atoms with Gasteiger partial charge in [-0.2, -0.15) is 0 Å². The number of hydrogen-bond donors (Lipinski definition) is 3. The quantitative estimate of drug-likeness (QED) is 0.488. The molecule has 0 spiro atoms. The van der Waals surface area contributed by atoms with Gasteiger partial charge in [0, 0.05) is 24.7 Å². The largest absolute Gasteiger partial charge is 0.481 e. The minimum atomic E-state index is -1.77. The van der Waals surface area contributed by atoms with Crippen LogP contribution in [0.2, 0.25) is 0 Å². The van der Waals surface area contributed by atoms with E-state index in [2.05, 4.69) is 0 Å². The van der Waals surface area contributed by atoms with Gasteiger partial charge < -0.3 is 20.1 Å². The summed E-state index contributed by atoms with van der Waals surface area (Å²) in [6, 6.07) is 0. The van der Waals surface area contributed by atoms with Crippen LogP contribution in [0.4, 0.5) is 8.78 Å². The Bertz CT molecular complexity index is 577. The lowest BCUT2D eigenvalue weighted by molar-refractivity contribution is -0.136. The van der Waals surface area contributed by atoms with Gasteiger partial charge in [-0.05, 0) is 19.8 Å². The van der Waals surface area contributed by atoms with E-state index in [0.29, 0.717) is 12.8 Å². The number of carboxylic acid groups (broad SMARTS) is 1. The van der Waals surface area contributed by atoms with Crippen molar-refractivity contribution in [2.24, 2.45) is 11.8 Å². The molecule has 1 heterocycles. The van der Waals surface area contributed by atoms with Crippen LogP contribution in [-0.4, -0.2) is 57.5 Å². The van der Waals surface area contributed by atoms with Crippen LogP contribution in [0.1, 0.15) is 52.4 Å². The fourth-order valence-corrected chi connectivity index (χ4v) is 4.07. The van der Waals surface area contributed by atoms with Crippen LogP contribution >= 0.6 is 0 Å². The summed E-state index contributed by atoms with van der Waals surface area (Å²) in [7, 11) is 0. The first-order valence-electron chi connectivity index (χ1n) is 10.1. The van der Waals surface area contributed by atoms with Gasteiger partial charge >= 0.3 is 5.97 Å². The zero-order valence-corrected chi connectivity index (χ0v) is 16.5. The third-order valence-electron chi connectivity index (χ3n) is 5.81. The van der Waals surface area contributed by atoms with E-state index >= 15 is 0 Å². The first kappa shape index (κ1) is 23.0. The van der Waals surface area contributed by atoms with Crippen molar-refractivity contribution in [3.8, 4) is 0 Å². The zero-order valence-electron chi connectivity index (χ0n) is 16.5. The summed E-state index contributed by atoms with van der Waals surface area (Å²) in [5.74, 6) is -2.06. The highest BCUT2D eigenvalue weighted by Crippen LogP contribution is 2.46. The Hall–Kier alpha value is -1.31. The van der Waals surface area contributed by atoms with Gasteiger partial charge in [0.15, 0.2) is 0 Å². The van der Waals surface area contributed by atoms with E-state index in [-0.39, 0.29) is 19.3 Å². The summed E-state index contributed by atoms with van der Waals surface area (Å²) in [5, 5.41) is 29.1. The topological polar surface area (TPSA) is 87.0 Å². The number of allylic oxidation sites excluding steroid dienone is 1. The fourth-order valence-electron chi connectivity index (χ4n) is 4.07. The van der Waals surface area contributed by atoms with E-state index in [9.17, 15) is 23.8 Å². The van der Waals surface area contributed by atoms with Crippen molar-refractivity contribution in [1.82, 2.24) is 0 Å². The maximum Gasteiger partial charge on any atom is 0.303 e. The Morgan fingerprint density at radius 2 is 2.11 bits per heavy atom. The van der Waals surface area contributed by atoms with Crippen molar-refractivity contribution in [3.63, 3.8) is 0 Å². The maximum atomic E-state index is 14.9. The van der Waals surface area contributed by atoms with Crippen molar-refractivity contribution >= 4 is 5.97 Å². The monoisotopic (exact) mass is 402 g/mol. The van der Waals surface area contributed by atoms with Crippen molar-refractivity contribution in [2.45, 2.75) is 88.6 Å². The molecule has 1 aliphatic heterocycles. The Labute approximate surface area is 165 Å². The zero-order chi connectivity index (χ0) is 20.9. The molecule has 2 fully saturated rings. The number of aliphatic carboxylic acids is 1. The van der Waals surface area contributed by atoms with Gasteiger partial charge in [-0.15, -0.1) is 0 Å². The van der Waals surface area contributed by atoms with Crippen LogP contribution < -0.4 is 0 Å². The second-order valence-corrected chi connectivity index (χ2v) is 8.11. The molecule has 28 heavy (non-hydrogen) atoms. The van der Waals surface area contributed by atoms with Crippen molar-refractivity contribution in [2.75, 3.05) is 0 Å². The molecule has 1 saturated heterocycles. The Kier molecular flexibility index (Phi) is 8.16. The molecule has 1 saturated carbocycles. The van der Waals surface area contributed by atoms with Crippen LogP contribution in [0.25, 0.3) is 0 Å². The first-order chi connectivity index (χ1) is 13.2. The van der Waals surface area contributed by atoms with E-state index in [1.165, 1.54) is 25.2 Å². The normalized spacial score (nSPS) is 36.1. The summed E-state index contributed by atoms with van der Waals surface area (Å²) in [6.45, 7) is 3.29. The van der Waals surface area contributed by atoms with Crippen LogP contribution in [0.5, 0.6) is 0 Å². The average molecular weight is 402 g/mol. The maximum absolute atomic E-state index is 14.9. The van der Waals surface area contributed by atoms with Gasteiger partial charge in [0.05, 0.1) is 12.2 Å². The Morgan fingerprint density at radius 3 is 2.75 bits per heavy atom. The highest BCUT2D eigenvalue weighted by atomic mass is 19.1. The molecule has 5 nitrogen and oxygen atoms in total. The minimum Gasteiger partial charge on any atom is -0.481 e. The number of aliphatic hydroxyl groups is 2. The molecule has 3 N–H and O–H groups in total. The molecule has 1 unspecified atom stereocenters. The molecule has 7 heteroatoms. The number of unbranched alkanes of at least 4 members (excludes halogenated alkanes) is 1. The van der Waals surface area contributed by atoms with Crippen molar-refractivity contribution < 1.29 is 33.6 Å². The Morgan fingerprint density at radius 1 is 1.39 bits per heavy atom. The van der Waals surface area contributed by atoms with E-state index in [1.807, 2.05) is 6.92 Å². The molecule has 0 aromatic carbocycles. The molecular weight excluding hydrogens is 370 g/mol. The van der Waals surface area contributed by atoms with Gasteiger partial charge in [0.1, 0.15) is 24.0 Å². The number of carbonyl (C=O) groups is 1. The van der Waals surface area contributed by atoms with Crippen LogP contribution in [0.3, 0.4) is 0 Å². The molecule has 0 radical (unpaired) electrons. The number of rotatable bonds is 10. The molecule has 1 aliphatic carbocycles. The van der Waals surface area contributed by atoms with Crippen molar-refractivity contribution in [1.29, 1.82) is 0 Å². The summed E-state index contributed by atoms with van der Waals surface area (Å²) in [5.41, 5.74) is -1.77. The van der Waals surface area contributed by atoms with E-state index in [1.54, 1.807) is 6.08 Å². The standard InChI is InChI=1S/C21H32F2O5/c1-3-4-11-21(2,23)17(25)10-9-13-14(24)12-16-19(13)20(22)15(28-16)7-5-6-8-18(26)27/h5,7,9-10,13-17,19-20,24-25H,3-4,6,8,11-12H2,1-2H3,(H,26,27)/t13-,14+,15+,16+,17+,19+,20+,21?/m0/s1. The average Bonchev–Trinajstić information content (AvgIpc) is 3.09. The second kappa shape index (κ2) is 9.94. The van der Waals surface area contributed by atoms with E-state index < -0.39 is 54.1 Å². The summed E-state index contributed by atoms with van der Waals surface area (Å²) in [6.07, 6.45) is 3.51. The van der Waals surface area contributed by atoms with Crippen LogP contribution in [0, 0.1) is 11.8 Å². The van der Waals surface area contributed by atoms with E-state index in [4.69, 9.17) is 9.84 Å². The first-order valence-corrected chi connectivity index (χ1v) is 10.1.